The van der Waals surface area contributed by atoms with Crippen molar-refractivity contribution in [3.05, 3.63) is 52.9 Å². The van der Waals surface area contributed by atoms with Gasteiger partial charge in [0, 0.05) is 31.2 Å². The summed E-state index contributed by atoms with van der Waals surface area (Å²) in [5.74, 6) is 1.39. The van der Waals surface area contributed by atoms with E-state index in [4.69, 9.17) is 21.1 Å². The third-order valence-corrected chi connectivity index (χ3v) is 5.11. The molecule has 0 radical (unpaired) electrons. The Hall–Kier alpha value is -1.40. The van der Waals surface area contributed by atoms with E-state index in [1.807, 2.05) is 31.3 Å². The van der Waals surface area contributed by atoms with Crippen LogP contribution in [0, 0.1) is 6.92 Å². The second-order valence-electron chi connectivity index (χ2n) is 7.01. The second kappa shape index (κ2) is 12.2. The number of hydrogen-bond acceptors (Lipinski definition) is 5. The highest BCUT2D eigenvalue weighted by Gasteiger charge is 2.22. The summed E-state index contributed by atoms with van der Waals surface area (Å²) in [5, 5.41) is 3.92. The first-order chi connectivity index (χ1) is 13.2. The fraction of sp³-hybridized carbons (Fsp3) is 0.524. The van der Waals surface area contributed by atoms with Crippen LogP contribution in [0.3, 0.4) is 0 Å². The van der Waals surface area contributed by atoms with Gasteiger partial charge in [-0.2, -0.15) is 0 Å². The lowest BCUT2D eigenvalue weighted by Crippen LogP contribution is -2.34. The number of pyridine rings is 2. The Morgan fingerprint density at radius 1 is 1.07 bits per heavy atom. The van der Waals surface area contributed by atoms with Crippen LogP contribution in [0.15, 0.2) is 36.7 Å². The third-order valence-electron chi connectivity index (χ3n) is 4.91. The van der Waals surface area contributed by atoms with Gasteiger partial charge in [0.25, 0.3) is 0 Å². The number of ether oxygens (including phenoxy) is 2. The predicted octanol–water partition coefficient (Wildman–Crippen LogP) is 4.57. The predicted molar refractivity (Wildman–Crippen MR) is 115 cm³/mol. The van der Waals surface area contributed by atoms with Crippen molar-refractivity contribution in [2.75, 3.05) is 26.3 Å². The lowest BCUT2D eigenvalue weighted by molar-refractivity contribution is 0.0832. The summed E-state index contributed by atoms with van der Waals surface area (Å²) in [4.78, 5) is 8.27. The van der Waals surface area contributed by atoms with Crippen molar-refractivity contribution in [3.63, 3.8) is 0 Å². The molecule has 2 saturated heterocycles. The SMILES string of the molecule is Cc1ccnc(Cl)c1.Cl.c1cnc(OC2CCNCC2)c(C2CCOCC2)c1. The van der Waals surface area contributed by atoms with Crippen molar-refractivity contribution in [1.29, 1.82) is 0 Å². The van der Waals surface area contributed by atoms with Gasteiger partial charge in [-0.15, -0.1) is 12.4 Å². The van der Waals surface area contributed by atoms with Gasteiger partial charge < -0.3 is 14.8 Å². The van der Waals surface area contributed by atoms with Gasteiger partial charge >= 0.3 is 0 Å². The highest BCUT2D eigenvalue weighted by molar-refractivity contribution is 6.29. The minimum atomic E-state index is 0. The zero-order valence-corrected chi connectivity index (χ0v) is 17.8. The number of aromatic nitrogens is 2. The molecule has 2 aromatic heterocycles. The minimum Gasteiger partial charge on any atom is -0.474 e. The van der Waals surface area contributed by atoms with E-state index < -0.39 is 0 Å². The van der Waals surface area contributed by atoms with E-state index >= 15 is 0 Å². The lowest BCUT2D eigenvalue weighted by atomic mass is 9.92. The van der Waals surface area contributed by atoms with Crippen LogP contribution in [0.2, 0.25) is 5.15 Å². The molecule has 4 rings (SSSR count). The van der Waals surface area contributed by atoms with Crippen LogP contribution in [0.4, 0.5) is 0 Å². The Morgan fingerprint density at radius 2 is 1.82 bits per heavy atom. The van der Waals surface area contributed by atoms with E-state index in [0.29, 0.717) is 17.2 Å². The Labute approximate surface area is 178 Å². The summed E-state index contributed by atoms with van der Waals surface area (Å²) in [6, 6.07) is 7.91. The molecule has 2 aliphatic rings. The summed E-state index contributed by atoms with van der Waals surface area (Å²) in [5.41, 5.74) is 2.41. The Kier molecular flexibility index (Phi) is 9.99. The average Bonchev–Trinajstić information content (AvgIpc) is 2.70. The molecule has 1 N–H and O–H groups in total. The van der Waals surface area contributed by atoms with Crippen LogP contribution in [0.25, 0.3) is 0 Å². The summed E-state index contributed by atoms with van der Waals surface area (Å²) in [6.45, 7) is 5.78. The van der Waals surface area contributed by atoms with Crippen molar-refractivity contribution in [2.24, 2.45) is 0 Å². The smallest absolute Gasteiger partial charge is 0.217 e. The maximum Gasteiger partial charge on any atom is 0.217 e. The van der Waals surface area contributed by atoms with Crippen LogP contribution >= 0.6 is 24.0 Å². The van der Waals surface area contributed by atoms with E-state index in [9.17, 15) is 0 Å². The average molecular weight is 426 g/mol. The van der Waals surface area contributed by atoms with Crippen molar-refractivity contribution in [1.82, 2.24) is 15.3 Å². The molecule has 2 fully saturated rings. The molecule has 0 saturated carbocycles. The van der Waals surface area contributed by atoms with Crippen molar-refractivity contribution in [2.45, 2.75) is 44.6 Å². The van der Waals surface area contributed by atoms with Crippen LogP contribution in [-0.4, -0.2) is 42.4 Å². The minimum absolute atomic E-state index is 0. The number of halogens is 2. The fourth-order valence-electron chi connectivity index (χ4n) is 3.39. The van der Waals surface area contributed by atoms with Crippen molar-refractivity contribution < 1.29 is 9.47 Å². The normalized spacial score (nSPS) is 17.8. The molecule has 0 spiro atoms. The molecule has 7 heteroatoms. The van der Waals surface area contributed by atoms with Gasteiger partial charge in [0.15, 0.2) is 0 Å². The molecule has 0 aromatic carbocycles. The van der Waals surface area contributed by atoms with E-state index in [-0.39, 0.29) is 12.4 Å². The van der Waals surface area contributed by atoms with Gasteiger partial charge in [-0.05, 0) is 75.4 Å². The number of nitrogens with one attached hydrogen (secondary N) is 1. The quantitative estimate of drug-likeness (QED) is 0.729. The molecule has 0 aliphatic carbocycles. The number of piperidine rings is 1. The highest BCUT2D eigenvalue weighted by Crippen LogP contribution is 2.33. The van der Waals surface area contributed by atoms with Gasteiger partial charge in [0.1, 0.15) is 11.3 Å². The van der Waals surface area contributed by atoms with Crippen LogP contribution in [0.1, 0.15) is 42.7 Å². The molecule has 0 atom stereocenters. The zero-order chi connectivity index (χ0) is 18.9. The Balaban J connectivity index is 0.000000264. The summed E-state index contributed by atoms with van der Waals surface area (Å²) in [7, 11) is 0. The summed E-state index contributed by atoms with van der Waals surface area (Å²) in [6.07, 6.45) is 8.14. The van der Waals surface area contributed by atoms with E-state index in [1.54, 1.807) is 6.20 Å². The standard InChI is InChI=1S/C15H22N2O2.C6H6ClN.ClH/c1-2-14(12-5-10-18-11-6-12)15(17-7-1)19-13-3-8-16-9-4-13;1-5-2-3-8-6(7)4-5;/h1-2,7,12-13,16H,3-6,8-11H2;2-4H,1H3;1H. The number of aryl methyl sites for hydroxylation is 1. The maximum absolute atomic E-state index is 6.15. The molecular weight excluding hydrogens is 397 g/mol. The number of hydrogen-bond donors (Lipinski definition) is 1. The monoisotopic (exact) mass is 425 g/mol. The molecular formula is C21H29Cl2N3O2. The van der Waals surface area contributed by atoms with Crippen LogP contribution in [-0.2, 0) is 4.74 Å². The van der Waals surface area contributed by atoms with Gasteiger partial charge in [0.2, 0.25) is 5.88 Å². The maximum atomic E-state index is 6.15. The van der Waals surface area contributed by atoms with Crippen LogP contribution < -0.4 is 10.1 Å². The van der Waals surface area contributed by atoms with Gasteiger partial charge in [-0.1, -0.05) is 17.7 Å². The first-order valence-corrected chi connectivity index (χ1v) is 10.1. The number of rotatable bonds is 3. The largest absolute Gasteiger partial charge is 0.474 e. The zero-order valence-electron chi connectivity index (χ0n) is 16.3. The summed E-state index contributed by atoms with van der Waals surface area (Å²) < 4.78 is 11.6. The molecule has 154 valence electrons. The van der Waals surface area contributed by atoms with Gasteiger partial charge in [-0.25, -0.2) is 9.97 Å². The summed E-state index contributed by atoms with van der Waals surface area (Å²) >= 11 is 5.53. The molecule has 4 heterocycles. The molecule has 0 amide bonds. The van der Waals surface area contributed by atoms with Gasteiger partial charge in [0.05, 0.1) is 0 Å². The van der Waals surface area contributed by atoms with Crippen molar-refractivity contribution in [3.8, 4) is 5.88 Å². The molecule has 28 heavy (non-hydrogen) atoms. The number of nitrogens with zero attached hydrogens (tertiary/aromatic N) is 2. The first kappa shape index (κ1) is 22.9. The molecule has 0 bridgehead atoms. The molecule has 5 nitrogen and oxygen atoms in total. The Morgan fingerprint density at radius 3 is 2.46 bits per heavy atom. The first-order valence-electron chi connectivity index (χ1n) is 9.70. The molecule has 0 unspecified atom stereocenters. The molecule has 2 aromatic rings. The van der Waals surface area contributed by atoms with Gasteiger partial charge in [-0.3, -0.25) is 0 Å². The fourth-order valence-corrected chi connectivity index (χ4v) is 3.62. The lowest BCUT2D eigenvalue weighted by Gasteiger charge is -2.27. The second-order valence-corrected chi connectivity index (χ2v) is 7.39. The van der Waals surface area contributed by atoms with E-state index in [1.165, 1.54) is 5.56 Å². The highest BCUT2D eigenvalue weighted by atomic mass is 35.5. The van der Waals surface area contributed by atoms with E-state index in [2.05, 4.69) is 21.4 Å². The van der Waals surface area contributed by atoms with E-state index in [0.717, 1.165) is 63.4 Å². The third kappa shape index (κ3) is 7.21. The Bertz CT molecular complexity index is 688. The van der Waals surface area contributed by atoms with Crippen LogP contribution in [0.5, 0.6) is 5.88 Å². The molecule has 2 aliphatic heterocycles. The van der Waals surface area contributed by atoms with Crippen molar-refractivity contribution >= 4 is 24.0 Å². The topological polar surface area (TPSA) is 56.3 Å².